The van der Waals surface area contributed by atoms with E-state index in [0.29, 0.717) is 25.8 Å². The first kappa shape index (κ1) is 36.3. The molecular weight excluding hydrogens is 530 g/mol. The van der Waals surface area contributed by atoms with E-state index in [4.69, 9.17) is 18.9 Å². The van der Waals surface area contributed by atoms with Crippen LogP contribution < -0.4 is 5.32 Å². The van der Waals surface area contributed by atoms with Crippen LogP contribution >= 0.6 is 0 Å². The number of carbonyl (C=O) groups is 5. The number of rotatable bonds is 19. The molecule has 0 bridgehead atoms. The van der Waals surface area contributed by atoms with Crippen LogP contribution in [0.5, 0.6) is 0 Å². The van der Waals surface area contributed by atoms with Gasteiger partial charge in [0, 0.05) is 19.3 Å². The van der Waals surface area contributed by atoms with E-state index in [-0.39, 0.29) is 37.3 Å². The highest BCUT2D eigenvalue weighted by atomic mass is 16.6. The van der Waals surface area contributed by atoms with Crippen LogP contribution in [-0.2, 0) is 42.9 Å². The second kappa shape index (κ2) is 19.4. The molecule has 1 saturated carbocycles. The minimum Gasteiger partial charge on any atom is -0.468 e. The maximum absolute atomic E-state index is 13.4. The number of hydrogen-bond donors (Lipinski definition) is 1. The monoisotopic (exact) mass is 581 g/mol. The molecule has 0 saturated heterocycles. The summed E-state index contributed by atoms with van der Waals surface area (Å²) in [6.07, 6.45) is 7.53. The van der Waals surface area contributed by atoms with Crippen molar-refractivity contribution in [1.29, 1.82) is 0 Å². The third kappa shape index (κ3) is 12.3. The van der Waals surface area contributed by atoms with E-state index >= 15 is 0 Å². The zero-order chi connectivity index (χ0) is 30.9. The molecule has 0 spiro atoms. The first-order valence-electron chi connectivity index (χ1n) is 15.0. The number of nitrogens with one attached hydrogen (secondary N) is 1. The van der Waals surface area contributed by atoms with Crippen LogP contribution in [0.2, 0.25) is 0 Å². The smallest absolute Gasteiger partial charge is 0.322 e. The summed E-state index contributed by atoms with van der Waals surface area (Å²) in [4.78, 5) is 63.4. The minimum atomic E-state index is -1.26. The SMILES string of the molecule is CCCCC[C@@H](/C=C/C1C(C(C(=O)OCC)C(=O)OCC)CC(=O)[C@@H]1CCN[C@@H](CC(C)C)C(=O)OC)OC(C)=O. The van der Waals surface area contributed by atoms with Crippen LogP contribution in [-0.4, -0.2) is 68.7 Å². The van der Waals surface area contributed by atoms with Crippen LogP contribution in [0.15, 0.2) is 12.2 Å². The van der Waals surface area contributed by atoms with Crippen molar-refractivity contribution >= 4 is 29.7 Å². The number of carbonyl (C=O) groups excluding carboxylic acids is 5. The number of ketones is 1. The summed E-state index contributed by atoms with van der Waals surface area (Å²) in [6.45, 7) is 11.3. The molecule has 1 aliphatic rings. The van der Waals surface area contributed by atoms with E-state index in [9.17, 15) is 24.0 Å². The standard InChI is InChI=1S/C31H51NO9/c1-8-11-12-13-22(41-21(6)33)14-15-23-24(16-17-32-26(18-20(4)5)29(35)38-7)27(34)19-25(23)28(30(36)39-9-2)31(37)40-10-3/h14-15,20,22-26,28,32H,8-13,16-19H2,1-7H3/b15-14+/t22-,23?,24+,25?,26-/m0/s1. The summed E-state index contributed by atoms with van der Waals surface area (Å²) in [5.41, 5.74) is 0. The first-order valence-corrected chi connectivity index (χ1v) is 15.0. The molecule has 1 N–H and O–H groups in total. The molecule has 5 atom stereocenters. The summed E-state index contributed by atoms with van der Waals surface area (Å²) in [6, 6.07) is -0.514. The minimum absolute atomic E-state index is 0.00244. The molecule has 2 unspecified atom stereocenters. The number of Topliss-reactive ketones (excluding diaryl/α,β-unsaturated/α-hetero) is 1. The highest BCUT2D eigenvalue weighted by molar-refractivity contribution is 5.97. The van der Waals surface area contributed by atoms with Crippen molar-refractivity contribution in [3.63, 3.8) is 0 Å². The van der Waals surface area contributed by atoms with Crippen LogP contribution in [0.25, 0.3) is 0 Å². The first-order chi connectivity index (χ1) is 19.5. The second-order valence-corrected chi connectivity index (χ2v) is 11.0. The third-order valence-electron chi connectivity index (χ3n) is 7.32. The van der Waals surface area contributed by atoms with Crippen molar-refractivity contribution in [2.45, 2.75) is 98.6 Å². The Hall–Kier alpha value is -2.75. The third-order valence-corrected chi connectivity index (χ3v) is 7.32. The summed E-state index contributed by atoms with van der Waals surface area (Å²) in [7, 11) is 1.34. The second-order valence-electron chi connectivity index (χ2n) is 11.0. The lowest BCUT2D eigenvalue weighted by atomic mass is 9.79. The molecule has 0 aliphatic heterocycles. The molecule has 0 heterocycles. The normalized spacial score (nSPS) is 20.3. The zero-order valence-corrected chi connectivity index (χ0v) is 25.9. The van der Waals surface area contributed by atoms with Crippen LogP contribution in [0.3, 0.4) is 0 Å². The quantitative estimate of drug-likeness (QED) is 0.0778. The Labute approximate surface area is 245 Å². The largest absolute Gasteiger partial charge is 0.468 e. The number of ether oxygens (including phenoxy) is 4. The summed E-state index contributed by atoms with van der Waals surface area (Å²) in [5.74, 6) is -5.02. The maximum Gasteiger partial charge on any atom is 0.322 e. The highest BCUT2D eigenvalue weighted by Gasteiger charge is 2.50. The molecule has 0 aromatic heterocycles. The number of hydrogen-bond acceptors (Lipinski definition) is 10. The Balaban J connectivity index is 3.35. The molecule has 1 fully saturated rings. The van der Waals surface area contributed by atoms with Gasteiger partial charge in [-0.2, -0.15) is 0 Å². The number of unbranched alkanes of at least 4 members (excludes halogenated alkanes) is 2. The molecule has 1 rings (SSSR count). The molecule has 1 aliphatic carbocycles. The highest BCUT2D eigenvalue weighted by Crippen LogP contribution is 2.43. The molecule has 10 heteroatoms. The Bertz CT molecular complexity index is 867. The topological polar surface area (TPSA) is 134 Å². The Morgan fingerprint density at radius 1 is 1.00 bits per heavy atom. The summed E-state index contributed by atoms with van der Waals surface area (Å²) in [5, 5.41) is 3.22. The molecule has 41 heavy (non-hydrogen) atoms. The van der Waals surface area contributed by atoms with Gasteiger partial charge in [0.1, 0.15) is 17.9 Å². The fraction of sp³-hybridized carbons (Fsp3) is 0.774. The molecule has 10 nitrogen and oxygen atoms in total. The van der Waals surface area contributed by atoms with Gasteiger partial charge >= 0.3 is 23.9 Å². The molecular formula is C31H51NO9. The van der Waals surface area contributed by atoms with E-state index < -0.39 is 53.7 Å². The Morgan fingerprint density at radius 3 is 2.15 bits per heavy atom. The van der Waals surface area contributed by atoms with E-state index in [1.165, 1.54) is 14.0 Å². The van der Waals surface area contributed by atoms with E-state index in [0.717, 1.165) is 19.3 Å². The van der Waals surface area contributed by atoms with Crippen molar-refractivity contribution in [3.8, 4) is 0 Å². The van der Waals surface area contributed by atoms with Gasteiger partial charge in [-0.25, -0.2) is 0 Å². The van der Waals surface area contributed by atoms with Crippen molar-refractivity contribution in [2.24, 2.45) is 29.6 Å². The van der Waals surface area contributed by atoms with Crippen LogP contribution in [0.1, 0.15) is 86.5 Å². The van der Waals surface area contributed by atoms with Crippen LogP contribution in [0, 0.1) is 29.6 Å². The average Bonchev–Trinajstić information content (AvgIpc) is 3.20. The van der Waals surface area contributed by atoms with Gasteiger partial charge in [-0.05, 0) is 69.9 Å². The predicted molar refractivity (Wildman–Crippen MR) is 154 cm³/mol. The van der Waals surface area contributed by atoms with Gasteiger partial charge in [0.2, 0.25) is 0 Å². The summed E-state index contributed by atoms with van der Waals surface area (Å²) >= 11 is 0. The van der Waals surface area contributed by atoms with Crippen molar-refractivity contribution < 1.29 is 42.9 Å². The van der Waals surface area contributed by atoms with Crippen molar-refractivity contribution in [2.75, 3.05) is 26.9 Å². The number of allylic oxidation sites excluding steroid dienone is 1. The number of methoxy groups -OCH3 is 1. The van der Waals surface area contributed by atoms with Gasteiger partial charge in [-0.15, -0.1) is 0 Å². The Kier molecular flexibility index (Phi) is 17.2. The van der Waals surface area contributed by atoms with Gasteiger partial charge in [0.05, 0.1) is 20.3 Å². The molecule has 0 aromatic rings. The molecule has 234 valence electrons. The van der Waals surface area contributed by atoms with E-state index in [2.05, 4.69) is 12.2 Å². The van der Waals surface area contributed by atoms with Crippen LogP contribution in [0.4, 0.5) is 0 Å². The molecule has 0 aromatic carbocycles. The maximum atomic E-state index is 13.4. The van der Waals surface area contributed by atoms with Crippen molar-refractivity contribution in [3.05, 3.63) is 12.2 Å². The fourth-order valence-electron chi connectivity index (χ4n) is 5.46. The van der Waals surface area contributed by atoms with Gasteiger partial charge in [0.25, 0.3) is 0 Å². The van der Waals surface area contributed by atoms with Gasteiger partial charge in [-0.3, -0.25) is 24.0 Å². The predicted octanol–water partition coefficient (Wildman–Crippen LogP) is 4.19. The van der Waals surface area contributed by atoms with Crippen molar-refractivity contribution in [1.82, 2.24) is 5.32 Å². The molecule has 0 radical (unpaired) electrons. The number of esters is 4. The average molecular weight is 582 g/mol. The van der Waals surface area contributed by atoms with E-state index in [1.807, 2.05) is 19.9 Å². The Morgan fingerprint density at radius 2 is 1.63 bits per heavy atom. The van der Waals surface area contributed by atoms with Gasteiger partial charge in [0.15, 0.2) is 5.92 Å². The lowest BCUT2D eigenvalue weighted by Crippen LogP contribution is -2.40. The zero-order valence-electron chi connectivity index (χ0n) is 25.9. The lowest BCUT2D eigenvalue weighted by molar-refractivity contribution is -0.165. The lowest BCUT2D eigenvalue weighted by Gasteiger charge is -2.27. The van der Waals surface area contributed by atoms with Gasteiger partial charge < -0.3 is 24.3 Å². The van der Waals surface area contributed by atoms with E-state index in [1.54, 1.807) is 19.9 Å². The van der Waals surface area contributed by atoms with Gasteiger partial charge in [-0.1, -0.05) is 39.7 Å². The molecule has 0 amide bonds. The summed E-state index contributed by atoms with van der Waals surface area (Å²) < 4.78 is 20.9. The fourth-order valence-corrected chi connectivity index (χ4v) is 5.46.